The minimum absolute atomic E-state index is 0. The summed E-state index contributed by atoms with van der Waals surface area (Å²) in [5.74, 6) is 0.192. The van der Waals surface area contributed by atoms with Gasteiger partial charge in [0.15, 0.2) is 5.69 Å². The average Bonchev–Trinajstić information content (AvgIpc) is 2.58. The number of carbonyl (C=O) groups excluding carboxylic acids is 1. The number of hydrogen-bond donors (Lipinski definition) is 2. The molecule has 6 heteroatoms. The van der Waals surface area contributed by atoms with Crippen molar-refractivity contribution in [3.8, 4) is 0 Å². The van der Waals surface area contributed by atoms with Crippen molar-refractivity contribution >= 4 is 23.1 Å². The summed E-state index contributed by atoms with van der Waals surface area (Å²) < 4.78 is 0. The summed E-state index contributed by atoms with van der Waals surface area (Å²) in [4.78, 5) is 25.0. The molecule has 2 N–H and O–H groups in total. The molecule has 3 aromatic rings. The maximum absolute atomic E-state index is 12.4. The number of para-hydroxylation sites is 1. The zero-order valence-electron chi connectivity index (χ0n) is 12.5. The summed E-state index contributed by atoms with van der Waals surface area (Å²) in [6.45, 7) is 1.75. The minimum Gasteiger partial charge on any atom is -0.338 e. The Morgan fingerprint density at radius 3 is 2.57 bits per heavy atom. The van der Waals surface area contributed by atoms with Crippen molar-refractivity contribution in [3.63, 3.8) is 0 Å². The lowest BCUT2D eigenvalue weighted by atomic mass is 10.2. The first-order valence-corrected chi connectivity index (χ1v) is 7.09. The Kier molecular flexibility index (Phi) is 4.24. The first-order valence-electron chi connectivity index (χ1n) is 7.09. The van der Waals surface area contributed by atoms with Gasteiger partial charge >= 0.3 is 0 Å². The zero-order chi connectivity index (χ0) is 16.1. The molecule has 0 atom stereocenters. The predicted molar refractivity (Wildman–Crippen MR) is 95.0 cm³/mol. The third-order valence-electron chi connectivity index (χ3n) is 3.14. The summed E-state index contributed by atoms with van der Waals surface area (Å²) in [5.41, 5.74) is 2.34. The van der Waals surface area contributed by atoms with E-state index in [1.807, 2.05) is 42.5 Å². The molecular formula is C17H21N5O. The van der Waals surface area contributed by atoms with E-state index in [0.717, 1.165) is 5.69 Å². The van der Waals surface area contributed by atoms with Crippen molar-refractivity contribution in [2.75, 3.05) is 10.6 Å². The molecule has 2 heterocycles. The molecule has 0 saturated heterocycles. The molecule has 0 bridgehead atoms. The quantitative estimate of drug-likeness (QED) is 0.763. The van der Waals surface area contributed by atoms with Crippen LogP contribution in [0.5, 0.6) is 0 Å². The van der Waals surface area contributed by atoms with Crippen LogP contribution >= 0.6 is 0 Å². The Labute approximate surface area is 138 Å². The Morgan fingerprint density at radius 1 is 1.04 bits per heavy atom. The highest BCUT2D eigenvalue weighted by Gasteiger charge is 2.13. The van der Waals surface area contributed by atoms with E-state index in [0.29, 0.717) is 17.2 Å². The van der Waals surface area contributed by atoms with Gasteiger partial charge in [0.1, 0.15) is 5.82 Å². The lowest BCUT2D eigenvalue weighted by molar-refractivity contribution is 0.102. The van der Waals surface area contributed by atoms with Crippen LogP contribution in [-0.2, 0) is 0 Å². The second kappa shape index (κ2) is 6.65. The number of nitrogens with zero attached hydrogens (tertiary/aromatic N) is 3. The van der Waals surface area contributed by atoms with Gasteiger partial charge < -0.3 is 10.6 Å². The van der Waals surface area contributed by atoms with Crippen molar-refractivity contribution in [2.45, 2.75) is 6.92 Å². The Balaban J connectivity index is 0.00000208. The van der Waals surface area contributed by atoms with Crippen LogP contribution in [-0.4, -0.2) is 20.9 Å². The molecule has 0 saturated carbocycles. The van der Waals surface area contributed by atoms with Gasteiger partial charge in [0, 0.05) is 16.2 Å². The van der Waals surface area contributed by atoms with Gasteiger partial charge in [0.2, 0.25) is 0 Å². The number of aryl methyl sites for hydroxylation is 1. The molecule has 2 aromatic heterocycles. The number of hydrogen-bond acceptors (Lipinski definition) is 5. The summed E-state index contributed by atoms with van der Waals surface area (Å²) in [5, 5.41) is 5.88. The molecule has 0 unspecified atom stereocenters. The number of amides is 1. The van der Waals surface area contributed by atoms with Crippen LogP contribution < -0.4 is 10.6 Å². The second-order valence-electron chi connectivity index (χ2n) is 4.88. The van der Waals surface area contributed by atoms with Crippen LogP contribution in [0.4, 0.5) is 17.2 Å². The van der Waals surface area contributed by atoms with E-state index in [9.17, 15) is 4.79 Å². The molecule has 0 aliphatic heterocycles. The molecule has 6 nitrogen and oxygen atoms in total. The van der Waals surface area contributed by atoms with E-state index in [-0.39, 0.29) is 15.9 Å². The third-order valence-corrected chi connectivity index (χ3v) is 3.14. The van der Waals surface area contributed by atoms with E-state index in [2.05, 4.69) is 25.6 Å². The van der Waals surface area contributed by atoms with Crippen LogP contribution in [0.1, 0.15) is 20.5 Å². The second-order valence-corrected chi connectivity index (χ2v) is 4.88. The molecule has 0 aliphatic rings. The number of pyridine rings is 1. The largest absolute Gasteiger partial charge is 0.338 e. The van der Waals surface area contributed by atoms with Crippen LogP contribution in [0.3, 0.4) is 0 Å². The highest BCUT2D eigenvalue weighted by Crippen LogP contribution is 2.15. The molecule has 0 fully saturated rings. The number of anilines is 3. The van der Waals surface area contributed by atoms with Crippen LogP contribution in [0, 0.1) is 6.92 Å². The van der Waals surface area contributed by atoms with Gasteiger partial charge in [0.25, 0.3) is 5.91 Å². The highest BCUT2D eigenvalue weighted by molar-refractivity contribution is 6.03. The predicted octanol–water partition coefficient (Wildman–Crippen LogP) is 3.91. The fraction of sp³-hybridized carbons (Fsp3) is 0.0588. The van der Waals surface area contributed by atoms with E-state index < -0.39 is 0 Å². The van der Waals surface area contributed by atoms with Crippen LogP contribution in [0.2, 0.25) is 0 Å². The number of nitrogens with one attached hydrogen (secondary N) is 2. The normalized spacial score (nSPS) is 10.1. The number of carbonyl (C=O) groups is 1. The third kappa shape index (κ3) is 3.68. The minimum atomic E-state index is -0.295. The maximum Gasteiger partial charge on any atom is 0.276 e. The van der Waals surface area contributed by atoms with Crippen molar-refractivity contribution in [1.29, 1.82) is 0 Å². The first-order chi connectivity index (χ1) is 11.2. The maximum atomic E-state index is 12.4. The summed E-state index contributed by atoms with van der Waals surface area (Å²) in [6, 6.07) is 12.9. The van der Waals surface area contributed by atoms with E-state index in [1.54, 1.807) is 25.5 Å². The molecule has 0 radical (unpaired) electrons. The van der Waals surface area contributed by atoms with E-state index >= 15 is 0 Å². The summed E-state index contributed by atoms with van der Waals surface area (Å²) >= 11 is 0. The van der Waals surface area contributed by atoms with E-state index in [4.69, 9.17) is 0 Å². The molecule has 120 valence electrons. The first kappa shape index (κ1) is 14.6. The molecule has 0 aliphatic carbocycles. The SMILES string of the molecule is Cc1ncc(Nc2cccnc2)nc1C(=O)Nc1ccccc1.[HH].[HH].[HH]. The molecular weight excluding hydrogens is 290 g/mol. The van der Waals surface area contributed by atoms with E-state index in [1.165, 1.54) is 0 Å². The Bertz CT molecular complexity index is 819. The van der Waals surface area contributed by atoms with Crippen molar-refractivity contribution in [1.82, 2.24) is 15.0 Å². The number of aromatic nitrogens is 3. The smallest absolute Gasteiger partial charge is 0.276 e. The Hall–Kier alpha value is -3.28. The van der Waals surface area contributed by atoms with Crippen LogP contribution in [0.25, 0.3) is 0 Å². The summed E-state index contributed by atoms with van der Waals surface area (Å²) in [7, 11) is 0. The topological polar surface area (TPSA) is 79.8 Å². The van der Waals surface area contributed by atoms with Crippen LogP contribution in [0.15, 0.2) is 61.1 Å². The van der Waals surface area contributed by atoms with Gasteiger partial charge in [-0.1, -0.05) is 18.2 Å². The average molecular weight is 311 g/mol. The fourth-order valence-electron chi connectivity index (χ4n) is 2.02. The fourth-order valence-corrected chi connectivity index (χ4v) is 2.02. The molecule has 1 amide bonds. The number of rotatable bonds is 4. The van der Waals surface area contributed by atoms with Gasteiger partial charge in [0.05, 0.1) is 23.8 Å². The molecule has 0 spiro atoms. The lowest BCUT2D eigenvalue weighted by Crippen LogP contribution is -2.16. The lowest BCUT2D eigenvalue weighted by Gasteiger charge is -2.09. The monoisotopic (exact) mass is 311 g/mol. The van der Waals surface area contributed by atoms with Crippen molar-refractivity contribution in [3.05, 3.63) is 72.4 Å². The molecule has 1 aromatic carbocycles. The van der Waals surface area contributed by atoms with Crippen molar-refractivity contribution < 1.29 is 9.07 Å². The Morgan fingerprint density at radius 2 is 1.83 bits per heavy atom. The molecule has 3 rings (SSSR count). The van der Waals surface area contributed by atoms with Gasteiger partial charge in [-0.2, -0.15) is 0 Å². The van der Waals surface area contributed by atoms with Gasteiger partial charge in [-0.3, -0.25) is 14.8 Å². The molecule has 23 heavy (non-hydrogen) atoms. The van der Waals surface area contributed by atoms with Gasteiger partial charge in [-0.25, -0.2) is 4.98 Å². The zero-order valence-corrected chi connectivity index (χ0v) is 12.5. The standard InChI is InChI=1S/C17H15N5O.3H2/c1-12-16(17(23)21-13-6-3-2-4-7-13)22-15(11-19-12)20-14-8-5-9-18-10-14;;;/h2-11H,1H3,(H,20,22)(H,21,23);3*1H. The van der Waals surface area contributed by atoms with Gasteiger partial charge in [-0.15, -0.1) is 0 Å². The summed E-state index contributed by atoms with van der Waals surface area (Å²) in [6.07, 6.45) is 4.94. The van der Waals surface area contributed by atoms with Gasteiger partial charge in [-0.05, 0) is 31.2 Å². The highest BCUT2D eigenvalue weighted by atomic mass is 16.1. The number of benzene rings is 1. The van der Waals surface area contributed by atoms with Crippen molar-refractivity contribution in [2.24, 2.45) is 0 Å².